The lowest BCUT2D eigenvalue weighted by atomic mass is 9.92. The van der Waals surface area contributed by atoms with Crippen LogP contribution >= 0.6 is 0 Å². The van der Waals surface area contributed by atoms with E-state index in [0.717, 1.165) is 37.6 Å². The van der Waals surface area contributed by atoms with Crippen LogP contribution in [-0.4, -0.2) is 28.8 Å². The van der Waals surface area contributed by atoms with E-state index in [1.807, 2.05) is 0 Å². The highest BCUT2D eigenvalue weighted by atomic mass is 19.4. The molecule has 2 rings (SSSR count). The summed E-state index contributed by atoms with van der Waals surface area (Å²) in [7, 11) is 0. The average molecular weight is 422 g/mol. The quantitative estimate of drug-likeness (QED) is 0.453. The van der Waals surface area contributed by atoms with E-state index in [0.29, 0.717) is 17.9 Å². The van der Waals surface area contributed by atoms with E-state index in [9.17, 15) is 22.8 Å². The average Bonchev–Trinajstić information content (AvgIpc) is 2.70. The topological polar surface area (TPSA) is 68.3 Å². The second-order valence-corrected chi connectivity index (χ2v) is 7.39. The van der Waals surface area contributed by atoms with Gasteiger partial charge in [-0.25, -0.2) is 0 Å². The summed E-state index contributed by atoms with van der Waals surface area (Å²) >= 11 is 0. The Morgan fingerprint density at radius 3 is 2.33 bits per heavy atom. The lowest BCUT2D eigenvalue weighted by molar-refractivity contribution is -0.138. The van der Waals surface area contributed by atoms with Crippen molar-refractivity contribution in [1.82, 2.24) is 10.3 Å². The third-order valence-electron chi connectivity index (χ3n) is 4.46. The first-order valence-electron chi connectivity index (χ1n) is 9.68. The zero-order valence-corrected chi connectivity index (χ0v) is 17.2. The summed E-state index contributed by atoms with van der Waals surface area (Å²) in [5.41, 5.74) is -3.07. The molecule has 0 aliphatic rings. The normalized spacial score (nSPS) is 11.8. The van der Waals surface area contributed by atoms with Crippen LogP contribution in [0.3, 0.4) is 0 Å². The molecule has 0 bridgehead atoms. The highest BCUT2D eigenvalue weighted by molar-refractivity contribution is 6.06. The molecule has 0 aliphatic heterocycles. The van der Waals surface area contributed by atoms with Gasteiger partial charge in [-0.15, -0.1) is 0 Å². The molecule has 30 heavy (non-hydrogen) atoms. The molecule has 2 aromatic rings. The lowest BCUT2D eigenvalue weighted by Crippen LogP contribution is -2.50. The predicted octanol–water partition coefficient (Wildman–Crippen LogP) is 5.06. The molecule has 0 unspecified atom stereocenters. The lowest BCUT2D eigenvalue weighted by Gasteiger charge is -2.25. The maximum absolute atomic E-state index is 13.1. The summed E-state index contributed by atoms with van der Waals surface area (Å²) < 4.78 is 45.0. The van der Waals surface area contributed by atoms with Crippen molar-refractivity contribution in [3.05, 3.63) is 59.4 Å². The van der Waals surface area contributed by atoms with E-state index in [-0.39, 0.29) is 0 Å². The fourth-order valence-corrected chi connectivity index (χ4v) is 2.82. The number of carbonyl (C=O) groups excluding carboxylic acids is 2. The number of ketones is 1. The summed E-state index contributed by atoms with van der Waals surface area (Å²) in [5, 5.41) is 2.36. The molecular formula is C22H25F3N2O3. The smallest absolute Gasteiger partial charge is 0.418 e. The third kappa shape index (κ3) is 6.05. The molecule has 1 heterocycles. The van der Waals surface area contributed by atoms with Crippen molar-refractivity contribution in [2.45, 2.75) is 51.7 Å². The number of hydrogen-bond donors (Lipinski definition) is 1. The standard InChI is InChI=1S/C22H25F3N2O3/c1-4-5-6-14-30-16-11-9-15(10-12-16)19(28)21(2,3)27-20(29)18-17(22(23,24)25)8-7-13-26-18/h7-13H,4-6,14H2,1-3H3,(H,27,29). The highest BCUT2D eigenvalue weighted by Crippen LogP contribution is 2.31. The number of pyridine rings is 1. The van der Waals surface area contributed by atoms with Gasteiger partial charge in [0.15, 0.2) is 5.78 Å². The molecule has 1 aromatic carbocycles. The number of ether oxygens (including phenoxy) is 1. The first-order valence-corrected chi connectivity index (χ1v) is 9.68. The van der Waals surface area contributed by atoms with E-state index in [1.54, 1.807) is 24.3 Å². The zero-order chi connectivity index (χ0) is 22.4. The molecule has 5 nitrogen and oxygen atoms in total. The van der Waals surface area contributed by atoms with E-state index >= 15 is 0 Å². The van der Waals surface area contributed by atoms with Crippen LogP contribution in [0.15, 0.2) is 42.6 Å². The Kier molecular flexibility index (Phi) is 7.59. The number of benzene rings is 1. The zero-order valence-electron chi connectivity index (χ0n) is 17.2. The third-order valence-corrected chi connectivity index (χ3v) is 4.46. The Balaban J connectivity index is 2.10. The van der Waals surface area contributed by atoms with Crippen LogP contribution in [0, 0.1) is 0 Å². The van der Waals surface area contributed by atoms with Crippen LogP contribution in [0.4, 0.5) is 13.2 Å². The van der Waals surface area contributed by atoms with E-state index in [4.69, 9.17) is 4.74 Å². The number of alkyl halides is 3. The summed E-state index contributed by atoms with van der Waals surface area (Å²) in [6, 6.07) is 8.30. The molecule has 0 spiro atoms. The summed E-state index contributed by atoms with van der Waals surface area (Å²) in [6.07, 6.45) is -0.554. The van der Waals surface area contributed by atoms with Crippen molar-refractivity contribution in [1.29, 1.82) is 0 Å². The van der Waals surface area contributed by atoms with Crippen molar-refractivity contribution in [2.24, 2.45) is 0 Å². The van der Waals surface area contributed by atoms with Crippen LogP contribution in [0.2, 0.25) is 0 Å². The first kappa shape index (κ1) is 23.4. The van der Waals surface area contributed by atoms with Gasteiger partial charge in [-0.1, -0.05) is 19.8 Å². The molecule has 1 N–H and O–H groups in total. The van der Waals surface area contributed by atoms with Crippen molar-refractivity contribution in [2.75, 3.05) is 6.61 Å². The predicted molar refractivity (Wildman–Crippen MR) is 107 cm³/mol. The van der Waals surface area contributed by atoms with Gasteiger partial charge in [0.05, 0.1) is 17.7 Å². The minimum Gasteiger partial charge on any atom is -0.494 e. The largest absolute Gasteiger partial charge is 0.494 e. The molecule has 8 heteroatoms. The van der Waals surface area contributed by atoms with Gasteiger partial charge in [-0.2, -0.15) is 13.2 Å². The minimum atomic E-state index is -4.73. The van der Waals surface area contributed by atoms with E-state index < -0.39 is 34.7 Å². The van der Waals surface area contributed by atoms with Gasteiger partial charge in [0.25, 0.3) is 5.91 Å². The second kappa shape index (κ2) is 9.73. The van der Waals surface area contributed by atoms with Gasteiger partial charge >= 0.3 is 6.18 Å². The highest BCUT2D eigenvalue weighted by Gasteiger charge is 2.38. The molecule has 162 valence electrons. The molecule has 0 atom stereocenters. The van der Waals surface area contributed by atoms with Crippen LogP contribution in [-0.2, 0) is 6.18 Å². The maximum atomic E-state index is 13.1. The van der Waals surface area contributed by atoms with Gasteiger partial charge in [0, 0.05) is 11.8 Å². The Morgan fingerprint density at radius 2 is 1.73 bits per heavy atom. The number of hydrogen-bond acceptors (Lipinski definition) is 4. The number of nitrogens with zero attached hydrogens (tertiary/aromatic N) is 1. The Labute approximate surface area is 173 Å². The number of aromatic nitrogens is 1. The number of carbonyl (C=O) groups is 2. The van der Waals surface area contributed by atoms with Gasteiger partial charge in [0.1, 0.15) is 11.4 Å². The maximum Gasteiger partial charge on any atom is 0.418 e. The number of Topliss-reactive ketones (excluding diaryl/α,β-unsaturated/α-hetero) is 1. The van der Waals surface area contributed by atoms with Crippen LogP contribution in [0.5, 0.6) is 5.75 Å². The number of halogens is 3. The molecular weight excluding hydrogens is 397 g/mol. The van der Waals surface area contributed by atoms with E-state index in [2.05, 4.69) is 17.2 Å². The SMILES string of the molecule is CCCCCOc1ccc(C(=O)C(C)(C)NC(=O)c2ncccc2C(F)(F)F)cc1. The van der Waals surface area contributed by atoms with Crippen LogP contribution in [0.1, 0.15) is 66.4 Å². The fraction of sp³-hybridized carbons (Fsp3) is 0.409. The summed E-state index contributed by atoms with van der Waals surface area (Å²) in [5.74, 6) is -0.900. The van der Waals surface area contributed by atoms with Crippen molar-refractivity contribution >= 4 is 11.7 Å². The Morgan fingerprint density at radius 1 is 1.07 bits per heavy atom. The molecule has 0 saturated heterocycles. The number of rotatable bonds is 9. The molecule has 0 aliphatic carbocycles. The number of unbranched alkanes of at least 4 members (excludes halogenated alkanes) is 2. The second-order valence-electron chi connectivity index (χ2n) is 7.39. The van der Waals surface area contributed by atoms with Gasteiger partial charge in [0.2, 0.25) is 0 Å². The molecule has 0 fully saturated rings. The molecule has 0 radical (unpaired) electrons. The van der Waals surface area contributed by atoms with Crippen molar-refractivity contribution < 1.29 is 27.5 Å². The summed E-state index contributed by atoms with van der Waals surface area (Å²) in [4.78, 5) is 28.8. The fourth-order valence-electron chi connectivity index (χ4n) is 2.82. The van der Waals surface area contributed by atoms with E-state index in [1.165, 1.54) is 13.8 Å². The Bertz CT molecular complexity index is 878. The van der Waals surface area contributed by atoms with Crippen LogP contribution in [0.25, 0.3) is 0 Å². The monoisotopic (exact) mass is 422 g/mol. The molecule has 0 saturated carbocycles. The first-order chi connectivity index (χ1) is 14.1. The van der Waals surface area contributed by atoms with Gasteiger partial charge in [-0.05, 0) is 56.7 Å². The minimum absolute atomic E-state index is 0.304. The van der Waals surface area contributed by atoms with Crippen LogP contribution < -0.4 is 10.1 Å². The van der Waals surface area contributed by atoms with Gasteiger partial charge < -0.3 is 10.1 Å². The van der Waals surface area contributed by atoms with Crippen molar-refractivity contribution in [3.8, 4) is 5.75 Å². The Hall–Kier alpha value is -2.90. The molecule has 1 amide bonds. The number of nitrogens with one attached hydrogen (secondary N) is 1. The van der Waals surface area contributed by atoms with Crippen molar-refractivity contribution in [3.63, 3.8) is 0 Å². The van der Waals surface area contributed by atoms with Gasteiger partial charge in [-0.3, -0.25) is 14.6 Å². The molecule has 1 aromatic heterocycles. The number of amides is 1. The summed E-state index contributed by atoms with van der Waals surface area (Å²) in [6.45, 7) is 5.53.